The molecule has 0 aliphatic heterocycles. The molecule has 1 nitrogen and oxygen atoms in total. The van der Waals surface area contributed by atoms with E-state index in [4.69, 9.17) is 0 Å². The Bertz CT molecular complexity index is 375. The highest BCUT2D eigenvalue weighted by atomic mass is 32.2. The maximum absolute atomic E-state index is 9.34. The zero-order valence-electron chi connectivity index (χ0n) is 12.2. The Balaban J connectivity index is 1.91. The fraction of sp³-hybridized carbons (Fsp3) is 0.647. The summed E-state index contributed by atoms with van der Waals surface area (Å²) in [5.41, 5.74) is 0. The maximum Gasteiger partial charge on any atom is 0.115 e. The lowest BCUT2D eigenvalue weighted by Crippen LogP contribution is -2.19. The van der Waals surface area contributed by atoms with Crippen LogP contribution in [0.3, 0.4) is 0 Å². The highest BCUT2D eigenvalue weighted by Crippen LogP contribution is 2.40. The Kier molecular flexibility index (Phi) is 5.20. The van der Waals surface area contributed by atoms with E-state index in [0.717, 1.165) is 5.92 Å². The van der Waals surface area contributed by atoms with E-state index in [0.29, 0.717) is 5.75 Å². The Labute approximate surface area is 121 Å². The van der Waals surface area contributed by atoms with Crippen molar-refractivity contribution in [3.05, 3.63) is 24.3 Å². The summed E-state index contributed by atoms with van der Waals surface area (Å²) in [6.07, 6.45) is 9.84. The second-order valence-electron chi connectivity index (χ2n) is 6.42. The standard InChI is InChI=1S/C17H26OS/c1-17(2,13-14-7-5-3-4-6-8-14)19-16-11-9-15(18)10-12-16/h9-12,14,18H,3-8,13H2,1-2H3. The number of thioether (sulfide) groups is 1. The summed E-state index contributed by atoms with van der Waals surface area (Å²) in [5, 5.41) is 9.34. The lowest BCUT2D eigenvalue weighted by molar-refractivity contribution is 0.389. The fourth-order valence-electron chi connectivity index (χ4n) is 3.14. The van der Waals surface area contributed by atoms with Crippen LogP contribution < -0.4 is 0 Å². The Hall–Kier alpha value is -0.630. The molecule has 0 unspecified atom stereocenters. The molecule has 0 radical (unpaired) electrons. The first-order valence-electron chi connectivity index (χ1n) is 7.53. The van der Waals surface area contributed by atoms with Crippen molar-refractivity contribution in [1.82, 2.24) is 0 Å². The normalized spacial score (nSPS) is 18.2. The molecule has 0 spiro atoms. The monoisotopic (exact) mass is 278 g/mol. The molecule has 0 atom stereocenters. The molecule has 1 aliphatic carbocycles. The molecule has 1 N–H and O–H groups in total. The number of hydrogen-bond acceptors (Lipinski definition) is 2. The van der Waals surface area contributed by atoms with Crippen LogP contribution in [-0.4, -0.2) is 9.85 Å². The average molecular weight is 278 g/mol. The molecule has 106 valence electrons. The second kappa shape index (κ2) is 6.69. The van der Waals surface area contributed by atoms with Crippen LogP contribution in [0, 0.1) is 5.92 Å². The number of hydrogen-bond donors (Lipinski definition) is 1. The van der Waals surface area contributed by atoms with Crippen LogP contribution in [0.2, 0.25) is 0 Å². The lowest BCUT2D eigenvalue weighted by atomic mass is 9.90. The molecular weight excluding hydrogens is 252 g/mol. The first-order valence-corrected chi connectivity index (χ1v) is 8.35. The molecule has 2 heteroatoms. The van der Waals surface area contributed by atoms with Gasteiger partial charge in [0.25, 0.3) is 0 Å². The third-order valence-electron chi connectivity index (χ3n) is 3.99. The van der Waals surface area contributed by atoms with Crippen molar-refractivity contribution in [3.63, 3.8) is 0 Å². The van der Waals surface area contributed by atoms with Gasteiger partial charge >= 0.3 is 0 Å². The quantitative estimate of drug-likeness (QED) is 0.569. The molecule has 0 saturated heterocycles. The first-order chi connectivity index (χ1) is 9.05. The van der Waals surface area contributed by atoms with Gasteiger partial charge in [0.05, 0.1) is 0 Å². The van der Waals surface area contributed by atoms with Crippen molar-refractivity contribution in [2.24, 2.45) is 5.92 Å². The molecule has 2 rings (SSSR count). The second-order valence-corrected chi connectivity index (χ2v) is 8.20. The molecule has 0 bridgehead atoms. The summed E-state index contributed by atoms with van der Waals surface area (Å²) < 4.78 is 0.284. The Morgan fingerprint density at radius 2 is 1.63 bits per heavy atom. The van der Waals surface area contributed by atoms with Crippen molar-refractivity contribution in [3.8, 4) is 5.75 Å². The Morgan fingerprint density at radius 3 is 2.21 bits per heavy atom. The summed E-state index contributed by atoms with van der Waals surface area (Å²) in [6.45, 7) is 4.71. The summed E-state index contributed by atoms with van der Waals surface area (Å²) >= 11 is 1.94. The number of phenols is 1. The van der Waals surface area contributed by atoms with Gasteiger partial charge in [0.15, 0.2) is 0 Å². The van der Waals surface area contributed by atoms with Gasteiger partial charge in [-0.2, -0.15) is 0 Å². The first kappa shape index (κ1) is 14.8. The number of benzene rings is 1. The number of aromatic hydroxyl groups is 1. The fourth-order valence-corrected chi connectivity index (χ4v) is 4.37. The molecule has 0 aromatic heterocycles. The highest BCUT2D eigenvalue weighted by molar-refractivity contribution is 8.00. The molecule has 1 aromatic carbocycles. The van der Waals surface area contributed by atoms with E-state index in [1.54, 1.807) is 12.1 Å². The van der Waals surface area contributed by atoms with Gasteiger partial charge in [0, 0.05) is 9.64 Å². The van der Waals surface area contributed by atoms with Gasteiger partial charge in [0.1, 0.15) is 5.75 Å². The molecule has 1 fully saturated rings. The largest absolute Gasteiger partial charge is 0.508 e. The Morgan fingerprint density at radius 1 is 1.05 bits per heavy atom. The van der Waals surface area contributed by atoms with E-state index < -0.39 is 0 Å². The SMILES string of the molecule is CC(C)(CC1CCCCCC1)Sc1ccc(O)cc1. The van der Waals surface area contributed by atoms with Gasteiger partial charge < -0.3 is 5.11 Å². The lowest BCUT2D eigenvalue weighted by Gasteiger charge is -2.29. The number of rotatable bonds is 4. The van der Waals surface area contributed by atoms with E-state index in [2.05, 4.69) is 13.8 Å². The van der Waals surface area contributed by atoms with Crippen molar-refractivity contribution < 1.29 is 5.11 Å². The smallest absolute Gasteiger partial charge is 0.115 e. The van der Waals surface area contributed by atoms with E-state index in [1.807, 2.05) is 23.9 Å². The topological polar surface area (TPSA) is 20.2 Å². The van der Waals surface area contributed by atoms with E-state index in [-0.39, 0.29) is 4.75 Å². The minimum Gasteiger partial charge on any atom is -0.508 e. The molecule has 1 aromatic rings. The zero-order chi connectivity index (χ0) is 13.7. The minimum atomic E-state index is 0.284. The van der Waals surface area contributed by atoms with Crippen molar-refractivity contribution >= 4 is 11.8 Å². The van der Waals surface area contributed by atoms with Gasteiger partial charge in [-0.15, -0.1) is 11.8 Å². The van der Waals surface area contributed by atoms with Crippen LogP contribution in [0.1, 0.15) is 58.8 Å². The average Bonchev–Trinajstić information content (AvgIpc) is 2.60. The van der Waals surface area contributed by atoms with Crippen molar-refractivity contribution in [1.29, 1.82) is 0 Å². The van der Waals surface area contributed by atoms with Gasteiger partial charge in [-0.3, -0.25) is 0 Å². The minimum absolute atomic E-state index is 0.284. The van der Waals surface area contributed by atoms with Gasteiger partial charge in [-0.1, -0.05) is 52.4 Å². The molecular formula is C17H26OS. The summed E-state index contributed by atoms with van der Waals surface area (Å²) in [6, 6.07) is 7.61. The molecule has 19 heavy (non-hydrogen) atoms. The summed E-state index contributed by atoms with van der Waals surface area (Å²) in [4.78, 5) is 1.26. The number of phenolic OH excluding ortho intramolecular Hbond substituents is 1. The van der Waals surface area contributed by atoms with Crippen molar-refractivity contribution in [2.75, 3.05) is 0 Å². The van der Waals surface area contributed by atoms with Crippen LogP contribution >= 0.6 is 11.8 Å². The van der Waals surface area contributed by atoms with E-state index >= 15 is 0 Å². The molecule has 1 saturated carbocycles. The van der Waals surface area contributed by atoms with Crippen LogP contribution in [-0.2, 0) is 0 Å². The molecule has 0 heterocycles. The highest BCUT2D eigenvalue weighted by Gasteiger charge is 2.25. The van der Waals surface area contributed by atoms with Gasteiger partial charge in [-0.05, 0) is 36.6 Å². The third-order valence-corrected chi connectivity index (χ3v) is 5.21. The summed E-state index contributed by atoms with van der Waals surface area (Å²) in [5.74, 6) is 1.26. The molecule has 0 amide bonds. The zero-order valence-corrected chi connectivity index (χ0v) is 13.0. The third kappa shape index (κ3) is 5.10. The predicted molar refractivity (Wildman–Crippen MR) is 83.9 cm³/mol. The maximum atomic E-state index is 9.34. The molecule has 1 aliphatic rings. The van der Waals surface area contributed by atoms with E-state index in [9.17, 15) is 5.11 Å². The van der Waals surface area contributed by atoms with Crippen LogP contribution in [0.15, 0.2) is 29.2 Å². The predicted octanol–water partition coefficient (Wildman–Crippen LogP) is 5.62. The van der Waals surface area contributed by atoms with Crippen LogP contribution in [0.5, 0.6) is 5.75 Å². The van der Waals surface area contributed by atoms with Crippen LogP contribution in [0.25, 0.3) is 0 Å². The van der Waals surface area contributed by atoms with Gasteiger partial charge in [0.2, 0.25) is 0 Å². The van der Waals surface area contributed by atoms with Gasteiger partial charge in [-0.25, -0.2) is 0 Å². The summed E-state index contributed by atoms with van der Waals surface area (Å²) in [7, 11) is 0. The van der Waals surface area contributed by atoms with Crippen LogP contribution in [0.4, 0.5) is 0 Å². The van der Waals surface area contributed by atoms with E-state index in [1.165, 1.54) is 49.8 Å². The van der Waals surface area contributed by atoms with Crippen molar-refractivity contribution in [2.45, 2.75) is 68.4 Å².